The van der Waals surface area contributed by atoms with Crippen LogP contribution in [0.25, 0.3) is 0 Å². The van der Waals surface area contributed by atoms with Crippen molar-refractivity contribution in [1.82, 2.24) is 5.32 Å². The molecule has 2 aromatic rings. The summed E-state index contributed by atoms with van der Waals surface area (Å²) in [6, 6.07) is 20.6. The van der Waals surface area contributed by atoms with Crippen LogP contribution in [0.2, 0.25) is 23.2 Å². The van der Waals surface area contributed by atoms with Crippen molar-refractivity contribution in [3.8, 4) is 0 Å². The molecule has 2 aromatic carbocycles. The first-order chi connectivity index (χ1) is 22.2. The van der Waals surface area contributed by atoms with Crippen molar-refractivity contribution < 1.29 is 33.0 Å². The summed E-state index contributed by atoms with van der Waals surface area (Å²) in [5.74, 6) is -1.80. The molecule has 1 amide bonds. The Labute approximate surface area is 289 Å². The van der Waals surface area contributed by atoms with E-state index in [1.165, 1.54) is 0 Å². The smallest absolute Gasteiger partial charge is 0.267 e. The van der Waals surface area contributed by atoms with Crippen molar-refractivity contribution in [2.75, 3.05) is 13.4 Å². The molecular formula is C38H57NO7Si2. The highest BCUT2D eigenvalue weighted by molar-refractivity contribution is 6.99. The predicted molar refractivity (Wildman–Crippen MR) is 194 cm³/mol. The molecule has 3 fully saturated rings. The molecule has 0 aromatic heterocycles. The van der Waals surface area contributed by atoms with Crippen LogP contribution in [0.15, 0.2) is 72.8 Å². The van der Waals surface area contributed by atoms with E-state index in [4.69, 9.17) is 23.1 Å². The molecule has 0 radical (unpaired) electrons. The minimum atomic E-state index is -3.17. The van der Waals surface area contributed by atoms with Gasteiger partial charge in [-0.05, 0) is 39.1 Å². The molecule has 0 spiro atoms. The molecule has 0 saturated carbocycles. The highest BCUT2D eigenvalue weighted by Crippen LogP contribution is 2.48. The lowest BCUT2D eigenvalue weighted by Crippen LogP contribution is -2.77. The van der Waals surface area contributed by atoms with Gasteiger partial charge < -0.3 is 33.5 Å². The second-order valence-electron chi connectivity index (χ2n) is 17.0. The zero-order chi connectivity index (χ0) is 35.3. The van der Waals surface area contributed by atoms with Crippen LogP contribution in [0.5, 0.6) is 0 Å². The minimum absolute atomic E-state index is 0.00400. The zero-order valence-electron chi connectivity index (χ0n) is 30.6. The van der Waals surface area contributed by atoms with Crippen LogP contribution in [0.3, 0.4) is 0 Å². The van der Waals surface area contributed by atoms with Gasteiger partial charge in [0.25, 0.3) is 8.32 Å². The van der Waals surface area contributed by atoms with Gasteiger partial charge in [-0.25, -0.2) is 0 Å². The number of amides is 1. The molecule has 264 valence electrons. The maximum absolute atomic E-state index is 13.4. The van der Waals surface area contributed by atoms with E-state index < -0.39 is 52.4 Å². The van der Waals surface area contributed by atoms with Gasteiger partial charge in [0, 0.05) is 24.2 Å². The Balaban J connectivity index is 1.51. The number of ether oxygens (including phenoxy) is 3. The van der Waals surface area contributed by atoms with E-state index in [1.54, 1.807) is 0 Å². The third-order valence-electron chi connectivity index (χ3n) is 11.4. The van der Waals surface area contributed by atoms with E-state index in [-0.39, 0.29) is 35.1 Å². The van der Waals surface area contributed by atoms with Crippen LogP contribution in [-0.4, -0.2) is 71.4 Å². The summed E-state index contributed by atoms with van der Waals surface area (Å²) in [4.78, 5) is 13.4. The molecule has 6 atom stereocenters. The molecule has 3 saturated heterocycles. The average Bonchev–Trinajstić information content (AvgIpc) is 3.01. The standard InChI is InChI=1S/C38H57NO7Si2/c1-26(24-44-47(10,11)35(2,3)4)37(8,9)34(41)33-32-31(42-25-43-33)27-22-30(40)39-38(23-27,45-32)46-48(36(5,6)7,28-18-14-12-15-19-28)29-20-16-13-17-21-29/h12-21,27,31-34,41H,1,22-25H2,2-11H3,(H,39,40)/t27-,31-,32+,33-,34+,38-/m0/s1. The summed E-state index contributed by atoms with van der Waals surface area (Å²) in [5.41, 5.74) is 0.00848. The molecule has 0 aliphatic carbocycles. The number of benzene rings is 2. The lowest BCUT2D eigenvalue weighted by Gasteiger charge is -2.58. The molecule has 0 unspecified atom stereocenters. The summed E-state index contributed by atoms with van der Waals surface area (Å²) in [6.45, 7) is 26.3. The SMILES string of the molecule is C=C(CO[Si](C)(C)C(C)(C)C)C(C)(C)[C@H](O)[C@H]1OCO[C@H]2[C@H]3CC(=O)N[C@@](O[Si](c4ccccc4)(c4ccccc4)C(C)(C)C)(C3)O[C@H]21. The van der Waals surface area contributed by atoms with Gasteiger partial charge in [-0.2, -0.15) is 0 Å². The lowest BCUT2D eigenvalue weighted by molar-refractivity contribution is -0.369. The number of hydrogen-bond donors (Lipinski definition) is 2. The topological polar surface area (TPSA) is 95.5 Å². The molecule has 5 rings (SSSR count). The molecule has 3 aliphatic rings. The largest absolute Gasteiger partial charge is 0.413 e. The van der Waals surface area contributed by atoms with E-state index >= 15 is 0 Å². The number of carbonyl (C=O) groups excluding carboxylic acids is 1. The van der Waals surface area contributed by atoms with Gasteiger partial charge in [0.05, 0.1) is 18.8 Å². The van der Waals surface area contributed by atoms with Gasteiger partial charge in [-0.3, -0.25) is 4.79 Å². The van der Waals surface area contributed by atoms with Crippen molar-refractivity contribution in [1.29, 1.82) is 0 Å². The van der Waals surface area contributed by atoms with Crippen molar-refractivity contribution in [2.45, 2.75) is 122 Å². The number of nitrogens with one attached hydrogen (secondary N) is 1. The number of carbonyl (C=O) groups is 1. The molecule has 8 nitrogen and oxygen atoms in total. The highest BCUT2D eigenvalue weighted by atomic mass is 28.4. The monoisotopic (exact) mass is 695 g/mol. The van der Waals surface area contributed by atoms with E-state index in [0.717, 1.165) is 15.9 Å². The molecule has 3 heterocycles. The summed E-state index contributed by atoms with van der Waals surface area (Å²) < 4.78 is 33.4. The van der Waals surface area contributed by atoms with Crippen LogP contribution < -0.4 is 15.7 Å². The predicted octanol–water partition coefficient (Wildman–Crippen LogP) is 5.85. The molecule has 2 N–H and O–H groups in total. The average molecular weight is 696 g/mol. The zero-order valence-corrected chi connectivity index (χ0v) is 32.6. The Hall–Kier alpha value is -2.16. The number of piperidine rings is 1. The van der Waals surface area contributed by atoms with Gasteiger partial charge in [0.1, 0.15) is 19.0 Å². The Morgan fingerprint density at radius 3 is 2.02 bits per heavy atom. The molecule has 2 bridgehead atoms. The third-order valence-corrected chi connectivity index (χ3v) is 20.9. The number of hydrogen-bond acceptors (Lipinski definition) is 7. The molecule has 48 heavy (non-hydrogen) atoms. The van der Waals surface area contributed by atoms with Gasteiger partial charge in [0.2, 0.25) is 11.8 Å². The quantitative estimate of drug-likeness (QED) is 0.238. The third kappa shape index (κ3) is 6.79. The summed E-state index contributed by atoms with van der Waals surface area (Å²) in [6.07, 6.45) is -2.22. The van der Waals surface area contributed by atoms with Crippen LogP contribution in [0.1, 0.15) is 68.2 Å². The Morgan fingerprint density at radius 2 is 1.50 bits per heavy atom. The second kappa shape index (κ2) is 13.2. The lowest BCUT2D eigenvalue weighted by atomic mass is 9.73. The van der Waals surface area contributed by atoms with Gasteiger partial charge in [0.15, 0.2) is 8.32 Å². The normalized spacial score (nSPS) is 27.5. The molecule has 10 heteroatoms. The summed E-state index contributed by atoms with van der Waals surface area (Å²) >= 11 is 0. The Bertz CT molecular complexity index is 1410. The Morgan fingerprint density at radius 1 is 0.938 bits per heavy atom. The van der Waals surface area contributed by atoms with Crippen LogP contribution >= 0.6 is 0 Å². The summed E-state index contributed by atoms with van der Waals surface area (Å²) in [7, 11) is -5.22. The highest BCUT2D eigenvalue weighted by Gasteiger charge is 2.63. The van der Waals surface area contributed by atoms with Crippen LogP contribution in [0.4, 0.5) is 0 Å². The van der Waals surface area contributed by atoms with Crippen molar-refractivity contribution in [3.05, 3.63) is 72.8 Å². The van der Waals surface area contributed by atoms with Crippen molar-refractivity contribution >= 4 is 32.9 Å². The van der Waals surface area contributed by atoms with Crippen molar-refractivity contribution in [3.63, 3.8) is 0 Å². The first-order valence-corrected chi connectivity index (χ1v) is 22.1. The maximum atomic E-state index is 13.4. The van der Waals surface area contributed by atoms with Crippen LogP contribution in [0, 0.1) is 11.3 Å². The number of aliphatic hydroxyl groups excluding tert-OH is 1. The number of aliphatic hydroxyl groups is 1. The first kappa shape index (κ1) is 37.1. The number of rotatable bonds is 10. The first-order valence-electron chi connectivity index (χ1n) is 17.3. The van der Waals surface area contributed by atoms with Crippen LogP contribution in [-0.2, 0) is 27.9 Å². The van der Waals surface area contributed by atoms with E-state index in [1.807, 2.05) is 50.2 Å². The number of fused-ring (bicyclic) bond motifs is 4. The van der Waals surface area contributed by atoms with E-state index in [2.05, 4.69) is 90.8 Å². The molecule has 3 aliphatic heterocycles. The van der Waals surface area contributed by atoms with Crippen molar-refractivity contribution in [2.24, 2.45) is 11.3 Å². The van der Waals surface area contributed by atoms with Gasteiger partial charge in [-0.15, -0.1) is 0 Å². The maximum Gasteiger partial charge on any atom is 0.267 e. The van der Waals surface area contributed by atoms with Gasteiger partial charge in [-0.1, -0.05) is 123 Å². The fourth-order valence-electron chi connectivity index (χ4n) is 7.16. The van der Waals surface area contributed by atoms with E-state index in [0.29, 0.717) is 13.0 Å². The summed E-state index contributed by atoms with van der Waals surface area (Å²) in [5, 5.41) is 17.1. The van der Waals surface area contributed by atoms with E-state index in [9.17, 15) is 9.90 Å². The minimum Gasteiger partial charge on any atom is -0.413 e. The molecular weight excluding hydrogens is 639 g/mol. The fraction of sp³-hybridized carbons (Fsp3) is 0.605. The van der Waals surface area contributed by atoms with Gasteiger partial charge >= 0.3 is 0 Å². The Kier molecular flexibility index (Phi) is 10.2. The second-order valence-corrected chi connectivity index (χ2v) is 26.0. The fourth-order valence-corrected chi connectivity index (χ4v) is 12.7.